The van der Waals surface area contributed by atoms with Crippen LogP contribution in [0.1, 0.15) is 85.9 Å². The first-order valence-corrected chi connectivity index (χ1v) is 17.0. The number of fused-ring (bicyclic) bond motifs is 2. The number of rotatable bonds is 4. The van der Waals surface area contributed by atoms with Crippen LogP contribution in [0.3, 0.4) is 0 Å². The molecule has 240 valence electrons. The zero-order valence-corrected chi connectivity index (χ0v) is 29.7. The van der Waals surface area contributed by atoms with E-state index in [0.29, 0.717) is 29.0 Å². The molecule has 4 heteroatoms. The Morgan fingerprint density at radius 2 is 1.05 bits per heavy atom. The number of hydrogen-bond acceptors (Lipinski definition) is 4. The van der Waals surface area contributed by atoms with E-state index in [0.717, 1.165) is 26.2 Å². The Balaban J connectivity index is 0.000000151. The fourth-order valence-electron chi connectivity index (χ4n) is 6.99. The van der Waals surface area contributed by atoms with Crippen molar-refractivity contribution in [2.24, 2.45) is 0 Å². The summed E-state index contributed by atoms with van der Waals surface area (Å²) in [4.78, 5) is 10.0. The number of para-hydroxylation sites is 2. The average Bonchev–Trinajstić information content (AvgIpc) is 3.43. The predicted molar refractivity (Wildman–Crippen MR) is 194 cm³/mol. The lowest BCUT2D eigenvalue weighted by Gasteiger charge is -2.38. The number of anilines is 3. The minimum atomic E-state index is 0.297. The maximum Gasteiger partial charge on any atom is 0.0407 e. The summed E-state index contributed by atoms with van der Waals surface area (Å²) >= 11 is 0. The van der Waals surface area contributed by atoms with Crippen molar-refractivity contribution in [3.05, 3.63) is 89.5 Å². The molecule has 0 radical (unpaired) electrons. The third-order valence-corrected chi connectivity index (χ3v) is 9.68. The largest absolute Gasteiger partial charge is 0.369 e. The van der Waals surface area contributed by atoms with Gasteiger partial charge in [-0.15, -0.1) is 0 Å². The van der Waals surface area contributed by atoms with Gasteiger partial charge in [0.2, 0.25) is 0 Å². The smallest absolute Gasteiger partial charge is 0.0407 e. The van der Waals surface area contributed by atoms with Gasteiger partial charge in [0.05, 0.1) is 0 Å². The van der Waals surface area contributed by atoms with Crippen molar-refractivity contribution in [2.45, 2.75) is 105 Å². The Hall–Kier alpha value is -2.98. The van der Waals surface area contributed by atoms with Crippen molar-refractivity contribution >= 4 is 17.1 Å². The highest BCUT2D eigenvalue weighted by Gasteiger charge is 2.36. The number of nitrogens with zero attached hydrogens (tertiary/aromatic N) is 4. The molecule has 3 aliphatic heterocycles. The summed E-state index contributed by atoms with van der Waals surface area (Å²) in [5.74, 6) is 0. The molecule has 6 rings (SSSR count). The second-order valence-corrected chi connectivity index (χ2v) is 15.2. The molecule has 3 aromatic carbocycles. The van der Waals surface area contributed by atoms with E-state index in [4.69, 9.17) is 0 Å². The van der Waals surface area contributed by atoms with Crippen molar-refractivity contribution in [1.82, 2.24) is 4.90 Å². The van der Waals surface area contributed by atoms with Crippen molar-refractivity contribution in [2.75, 3.05) is 54.0 Å². The molecule has 0 bridgehead atoms. The zero-order valence-electron chi connectivity index (χ0n) is 29.7. The summed E-state index contributed by atoms with van der Waals surface area (Å²) in [5.41, 5.74) is 9.19. The molecule has 0 atom stereocenters. The Kier molecular flexibility index (Phi) is 10.8. The molecular formula is C40H60N4. The third-order valence-electron chi connectivity index (χ3n) is 9.68. The van der Waals surface area contributed by atoms with Crippen LogP contribution in [0.15, 0.2) is 72.8 Å². The van der Waals surface area contributed by atoms with E-state index in [1.54, 1.807) is 0 Å². The molecule has 0 N–H and O–H groups in total. The van der Waals surface area contributed by atoms with Crippen LogP contribution >= 0.6 is 0 Å². The van der Waals surface area contributed by atoms with E-state index in [1.165, 1.54) is 46.8 Å². The Labute approximate surface area is 270 Å². The highest BCUT2D eigenvalue weighted by Crippen LogP contribution is 2.42. The molecular weight excluding hydrogens is 536 g/mol. The second-order valence-electron chi connectivity index (χ2n) is 15.2. The fraction of sp³-hybridized carbons (Fsp3) is 0.550. The quantitative estimate of drug-likeness (QED) is 0.298. The van der Waals surface area contributed by atoms with Gasteiger partial charge in [-0.3, -0.25) is 4.90 Å². The third kappa shape index (κ3) is 7.80. The van der Waals surface area contributed by atoms with E-state index >= 15 is 0 Å². The normalized spacial score (nSPS) is 18.5. The van der Waals surface area contributed by atoms with Gasteiger partial charge < -0.3 is 14.7 Å². The number of aryl methyl sites for hydroxylation is 1. The van der Waals surface area contributed by atoms with Crippen molar-refractivity contribution < 1.29 is 0 Å². The first-order valence-electron chi connectivity index (χ1n) is 17.0. The summed E-state index contributed by atoms with van der Waals surface area (Å²) < 4.78 is 0. The number of benzene rings is 3. The van der Waals surface area contributed by atoms with Gasteiger partial charge >= 0.3 is 0 Å². The van der Waals surface area contributed by atoms with E-state index in [9.17, 15) is 0 Å². The second kappa shape index (κ2) is 14.0. The lowest BCUT2D eigenvalue weighted by atomic mass is 9.86. The topological polar surface area (TPSA) is 13.0 Å². The summed E-state index contributed by atoms with van der Waals surface area (Å²) in [6, 6.07) is 28.2. The lowest BCUT2D eigenvalue weighted by Crippen LogP contribution is -2.48. The first kappa shape index (κ1) is 33.9. The minimum Gasteiger partial charge on any atom is -0.369 e. The van der Waals surface area contributed by atoms with Crippen LogP contribution in [0.25, 0.3) is 0 Å². The standard InChI is InChI=1S/C14H21N.C13H20N2.C13H19N/c1-10(2)15-9-14(4,5)12-8-11(3)6-7-13(12)15;1-12(2)14-8-10-15(11-9-14)13-6-4-3-5-7-13;1-10(2)14-9-13(3,4)11-7-5-6-8-12(11)14/h6-8,10H,9H2,1-5H3;3-7,12H,8-11H2,1-2H3;5-8,10H,9H2,1-4H3. The summed E-state index contributed by atoms with van der Waals surface area (Å²) in [5, 5.41) is 0. The van der Waals surface area contributed by atoms with Crippen molar-refractivity contribution in [1.29, 1.82) is 0 Å². The predicted octanol–water partition coefficient (Wildman–Crippen LogP) is 8.91. The number of hydrogen-bond donors (Lipinski definition) is 0. The Morgan fingerprint density at radius 1 is 0.545 bits per heavy atom. The van der Waals surface area contributed by atoms with Crippen LogP contribution in [-0.2, 0) is 10.8 Å². The molecule has 1 fully saturated rings. The monoisotopic (exact) mass is 596 g/mol. The van der Waals surface area contributed by atoms with Gasteiger partial charge in [0.15, 0.2) is 0 Å². The van der Waals surface area contributed by atoms with E-state index < -0.39 is 0 Å². The molecule has 3 aromatic rings. The first-order chi connectivity index (χ1) is 20.7. The van der Waals surface area contributed by atoms with Gasteiger partial charge in [0.25, 0.3) is 0 Å². The Bertz CT molecular complexity index is 1330. The zero-order chi connectivity index (χ0) is 32.2. The molecule has 0 saturated carbocycles. The molecule has 3 aliphatic rings. The Morgan fingerprint density at radius 3 is 1.59 bits per heavy atom. The summed E-state index contributed by atoms with van der Waals surface area (Å²) in [7, 11) is 0. The SMILES string of the molecule is CC(C)N1CC(C)(C)c2ccccc21.CC(C)N1CCN(c2ccccc2)CC1.Cc1ccc2c(c1)C(C)(C)CN2C(C)C. The van der Waals surface area contributed by atoms with Crippen LogP contribution in [0.2, 0.25) is 0 Å². The molecule has 3 heterocycles. The maximum atomic E-state index is 2.54. The summed E-state index contributed by atoms with van der Waals surface area (Å²) in [6.07, 6.45) is 0. The fourth-order valence-corrected chi connectivity index (χ4v) is 6.99. The lowest BCUT2D eigenvalue weighted by molar-refractivity contribution is 0.209. The molecule has 4 nitrogen and oxygen atoms in total. The van der Waals surface area contributed by atoms with Crippen molar-refractivity contribution in [3.63, 3.8) is 0 Å². The molecule has 0 unspecified atom stereocenters. The molecule has 1 saturated heterocycles. The average molecular weight is 597 g/mol. The van der Waals surface area contributed by atoms with E-state index in [1.807, 2.05) is 0 Å². The van der Waals surface area contributed by atoms with Gasteiger partial charge in [-0.05, 0) is 83.9 Å². The van der Waals surface area contributed by atoms with Crippen LogP contribution in [0.5, 0.6) is 0 Å². The van der Waals surface area contributed by atoms with Crippen LogP contribution in [0, 0.1) is 6.92 Å². The summed E-state index contributed by atoms with van der Waals surface area (Å²) in [6.45, 7) is 32.1. The van der Waals surface area contributed by atoms with Gasteiger partial charge in [0, 0.05) is 85.3 Å². The number of piperazine rings is 1. The van der Waals surface area contributed by atoms with E-state index in [2.05, 4.69) is 169 Å². The molecule has 0 aliphatic carbocycles. The molecule has 44 heavy (non-hydrogen) atoms. The van der Waals surface area contributed by atoms with Crippen LogP contribution in [0.4, 0.5) is 17.1 Å². The molecule has 0 spiro atoms. The van der Waals surface area contributed by atoms with Gasteiger partial charge in [-0.1, -0.05) is 81.8 Å². The van der Waals surface area contributed by atoms with Crippen molar-refractivity contribution in [3.8, 4) is 0 Å². The van der Waals surface area contributed by atoms with Gasteiger partial charge in [-0.25, -0.2) is 0 Å². The highest BCUT2D eigenvalue weighted by molar-refractivity contribution is 5.64. The van der Waals surface area contributed by atoms with Gasteiger partial charge in [0.1, 0.15) is 0 Å². The van der Waals surface area contributed by atoms with Crippen LogP contribution < -0.4 is 14.7 Å². The maximum absolute atomic E-state index is 2.54. The molecule has 0 amide bonds. The minimum absolute atomic E-state index is 0.297. The van der Waals surface area contributed by atoms with Gasteiger partial charge in [-0.2, -0.15) is 0 Å². The molecule has 0 aromatic heterocycles. The highest BCUT2D eigenvalue weighted by atomic mass is 15.3. The van der Waals surface area contributed by atoms with Crippen LogP contribution in [-0.4, -0.2) is 62.3 Å². The van der Waals surface area contributed by atoms with E-state index in [-0.39, 0.29) is 0 Å².